The number of nitrogens with one attached hydrogen (secondary N) is 1. The SMILES string of the molecule is CC(C)(C)C1CC2CC2N(C(C)(C)C)N1. The van der Waals surface area contributed by atoms with Crippen molar-refractivity contribution < 1.29 is 0 Å². The van der Waals surface area contributed by atoms with Crippen molar-refractivity contribution in [3.63, 3.8) is 0 Å². The molecule has 2 nitrogen and oxygen atoms in total. The van der Waals surface area contributed by atoms with Crippen molar-refractivity contribution in [2.75, 3.05) is 0 Å². The average Bonchev–Trinajstić information content (AvgIpc) is 2.75. The summed E-state index contributed by atoms with van der Waals surface area (Å²) < 4.78 is 0. The third kappa shape index (κ3) is 2.21. The third-order valence-corrected chi connectivity index (χ3v) is 3.82. The molecule has 2 fully saturated rings. The number of fused-ring (bicyclic) bond motifs is 1. The third-order valence-electron chi connectivity index (χ3n) is 3.82. The quantitative estimate of drug-likeness (QED) is 0.661. The lowest BCUT2D eigenvalue weighted by atomic mass is 9.83. The van der Waals surface area contributed by atoms with E-state index in [1.807, 2.05) is 0 Å². The molecule has 3 atom stereocenters. The minimum absolute atomic E-state index is 0.253. The van der Waals surface area contributed by atoms with Gasteiger partial charge < -0.3 is 0 Å². The van der Waals surface area contributed by atoms with E-state index in [-0.39, 0.29) is 5.54 Å². The van der Waals surface area contributed by atoms with Crippen LogP contribution in [0.25, 0.3) is 0 Å². The number of rotatable bonds is 0. The van der Waals surface area contributed by atoms with Gasteiger partial charge >= 0.3 is 0 Å². The van der Waals surface area contributed by atoms with Crippen LogP contribution in [0, 0.1) is 11.3 Å². The molecule has 0 bridgehead atoms. The molecule has 0 amide bonds. The van der Waals surface area contributed by atoms with Gasteiger partial charge in [0, 0.05) is 17.6 Å². The Morgan fingerprint density at radius 2 is 1.60 bits per heavy atom. The van der Waals surface area contributed by atoms with Gasteiger partial charge in [-0.05, 0) is 44.9 Å². The molecule has 1 saturated heterocycles. The van der Waals surface area contributed by atoms with E-state index in [9.17, 15) is 0 Å². The first kappa shape index (κ1) is 11.4. The van der Waals surface area contributed by atoms with Crippen LogP contribution in [0.4, 0.5) is 0 Å². The van der Waals surface area contributed by atoms with Crippen molar-refractivity contribution in [2.45, 2.75) is 72.0 Å². The van der Waals surface area contributed by atoms with E-state index >= 15 is 0 Å². The molecule has 2 heteroatoms. The van der Waals surface area contributed by atoms with Gasteiger partial charge in [0.25, 0.3) is 0 Å². The molecule has 88 valence electrons. The highest BCUT2D eigenvalue weighted by atomic mass is 15.6. The lowest BCUT2D eigenvalue weighted by Gasteiger charge is -2.46. The summed E-state index contributed by atoms with van der Waals surface area (Å²) in [6, 6.07) is 1.45. The molecular weight excluding hydrogens is 184 g/mol. The Bertz CT molecular complexity index is 246. The van der Waals surface area contributed by atoms with Gasteiger partial charge in [-0.2, -0.15) is 0 Å². The van der Waals surface area contributed by atoms with Gasteiger partial charge in [0.2, 0.25) is 0 Å². The van der Waals surface area contributed by atoms with E-state index in [4.69, 9.17) is 0 Å². The highest BCUT2D eigenvalue weighted by Crippen LogP contribution is 2.47. The fraction of sp³-hybridized carbons (Fsp3) is 1.00. The van der Waals surface area contributed by atoms with Crippen molar-refractivity contribution in [3.05, 3.63) is 0 Å². The minimum Gasteiger partial charge on any atom is -0.251 e. The molecule has 2 aliphatic rings. The summed E-state index contributed by atoms with van der Waals surface area (Å²) >= 11 is 0. The molecule has 1 heterocycles. The second-order valence-electron chi connectivity index (χ2n) is 7.39. The van der Waals surface area contributed by atoms with E-state index in [0.717, 1.165) is 12.0 Å². The molecular formula is C13H26N2. The van der Waals surface area contributed by atoms with Crippen molar-refractivity contribution in [1.82, 2.24) is 10.4 Å². The van der Waals surface area contributed by atoms with E-state index in [1.165, 1.54) is 12.8 Å². The van der Waals surface area contributed by atoms with Gasteiger partial charge in [-0.3, -0.25) is 5.43 Å². The first-order valence-electron chi connectivity index (χ1n) is 6.25. The van der Waals surface area contributed by atoms with Gasteiger partial charge in [0.15, 0.2) is 0 Å². The molecule has 3 unspecified atom stereocenters. The molecule has 1 saturated carbocycles. The summed E-state index contributed by atoms with van der Waals surface area (Å²) in [7, 11) is 0. The molecule has 1 aliphatic carbocycles. The molecule has 0 spiro atoms. The minimum atomic E-state index is 0.253. The zero-order chi connectivity index (χ0) is 11.4. The smallest absolute Gasteiger partial charge is 0.0282 e. The first-order chi connectivity index (χ1) is 6.69. The molecule has 2 rings (SSSR count). The normalized spacial score (nSPS) is 37.6. The standard InChI is InChI=1S/C13H26N2/c1-12(2,3)11-8-9-7-10(9)15(14-11)13(4,5)6/h9-11,14H,7-8H2,1-6H3. The first-order valence-corrected chi connectivity index (χ1v) is 6.25. The monoisotopic (exact) mass is 210 g/mol. The molecule has 1 aliphatic heterocycles. The predicted octanol–water partition coefficient (Wildman–Crippen LogP) is 2.80. The van der Waals surface area contributed by atoms with Crippen LogP contribution in [0.1, 0.15) is 54.4 Å². The Kier molecular flexibility index (Phi) is 2.44. The molecule has 15 heavy (non-hydrogen) atoms. The number of hydrogen-bond donors (Lipinski definition) is 1. The zero-order valence-electron chi connectivity index (χ0n) is 11.1. The maximum atomic E-state index is 3.76. The van der Waals surface area contributed by atoms with Gasteiger partial charge in [0.05, 0.1) is 0 Å². The second kappa shape index (κ2) is 3.21. The van der Waals surface area contributed by atoms with Crippen LogP contribution >= 0.6 is 0 Å². The summed E-state index contributed by atoms with van der Waals surface area (Å²) in [4.78, 5) is 0. The van der Waals surface area contributed by atoms with E-state index in [1.54, 1.807) is 0 Å². The van der Waals surface area contributed by atoms with E-state index < -0.39 is 0 Å². The van der Waals surface area contributed by atoms with Crippen molar-refractivity contribution >= 4 is 0 Å². The van der Waals surface area contributed by atoms with Crippen LogP contribution in [0.15, 0.2) is 0 Å². The van der Waals surface area contributed by atoms with E-state index in [0.29, 0.717) is 11.5 Å². The van der Waals surface area contributed by atoms with Crippen molar-refractivity contribution in [3.8, 4) is 0 Å². The summed E-state index contributed by atoms with van der Waals surface area (Å²) in [6.45, 7) is 13.9. The average molecular weight is 210 g/mol. The maximum Gasteiger partial charge on any atom is 0.0282 e. The highest BCUT2D eigenvalue weighted by molar-refractivity contribution is 5.04. The summed E-state index contributed by atoms with van der Waals surface area (Å²) in [5.41, 5.74) is 4.38. The van der Waals surface area contributed by atoms with Crippen LogP contribution in [0.2, 0.25) is 0 Å². The fourth-order valence-electron chi connectivity index (χ4n) is 2.66. The van der Waals surface area contributed by atoms with Gasteiger partial charge in [-0.15, -0.1) is 0 Å². The summed E-state index contributed by atoms with van der Waals surface area (Å²) in [5.74, 6) is 0.953. The van der Waals surface area contributed by atoms with Crippen LogP contribution in [-0.4, -0.2) is 22.6 Å². The van der Waals surface area contributed by atoms with Crippen LogP contribution in [0.3, 0.4) is 0 Å². The number of hydrogen-bond acceptors (Lipinski definition) is 2. The molecule has 1 N–H and O–H groups in total. The Morgan fingerprint density at radius 1 is 1.00 bits per heavy atom. The Labute approximate surface area is 94.4 Å². The Balaban J connectivity index is 2.10. The molecule has 0 aromatic carbocycles. The molecule has 0 aromatic heterocycles. The largest absolute Gasteiger partial charge is 0.251 e. The highest BCUT2D eigenvalue weighted by Gasteiger charge is 2.52. The lowest BCUT2D eigenvalue weighted by molar-refractivity contribution is -0.0117. The van der Waals surface area contributed by atoms with Crippen molar-refractivity contribution in [2.24, 2.45) is 11.3 Å². The molecule has 0 radical (unpaired) electrons. The summed E-state index contributed by atoms with van der Waals surface area (Å²) in [6.07, 6.45) is 2.76. The summed E-state index contributed by atoms with van der Waals surface area (Å²) in [5, 5.41) is 2.51. The topological polar surface area (TPSA) is 15.3 Å². The Morgan fingerprint density at radius 3 is 2.07 bits per heavy atom. The van der Waals surface area contributed by atoms with Gasteiger partial charge in [-0.1, -0.05) is 20.8 Å². The Hall–Kier alpha value is -0.0800. The number of hydrazine groups is 1. The maximum absolute atomic E-state index is 3.76. The van der Waals surface area contributed by atoms with Crippen LogP contribution in [-0.2, 0) is 0 Å². The van der Waals surface area contributed by atoms with Crippen LogP contribution < -0.4 is 5.43 Å². The predicted molar refractivity (Wildman–Crippen MR) is 64.5 cm³/mol. The van der Waals surface area contributed by atoms with Crippen molar-refractivity contribution in [1.29, 1.82) is 0 Å². The van der Waals surface area contributed by atoms with Crippen LogP contribution in [0.5, 0.6) is 0 Å². The zero-order valence-corrected chi connectivity index (χ0v) is 11.1. The van der Waals surface area contributed by atoms with Gasteiger partial charge in [0.1, 0.15) is 0 Å². The van der Waals surface area contributed by atoms with Gasteiger partial charge in [-0.25, -0.2) is 5.01 Å². The van der Waals surface area contributed by atoms with E-state index in [2.05, 4.69) is 52.0 Å². The second-order valence-corrected chi connectivity index (χ2v) is 7.39. The molecule has 0 aromatic rings. The fourth-order valence-corrected chi connectivity index (χ4v) is 2.66. The number of nitrogens with zero attached hydrogens (tertiary/aromatic N) is 1. The lowest BCUT2D eigenvalue weighted by Crippen LogP contribution is -2.61.